The number of hydrogen-bond donors (Lipinski definition) is 1. The molecule has 0 saturated heterocycles. The largest absolute Gasteiger partial charge is 0.491 e. The summed E-state index contributed by atoms with van der Waals surface area (Å²) in [5, 5.41) is 3.31. The van der Waals surface area contributed by atoms with Crippen molar-refractivity contribution in [3.05, 3.63) is 47.9 Å². The second kappa shape index (κ2) is 6.68. The van der Waals surface area contributed by atoms with Crippen LogP contribution >= 0.6 is 0 Å². The normalized spacial score (nSPS) is 14.4. The first-order chi connectivity index (χ1) is 10.4. The fraction of sp³-hybridized carbons (Fsp3) is 0.412. The highest BCUT2D eigenvalue weighted by molar-refractivity contribution is 5.59. The Morgan fingerprint density at radius 2 is 2.19 bits per heavy atom. The van der Waals surface area contributed by atoms with Gasteiger partial charge in [0, 0.05) is 18.7 Å². The highest BCUT2D eigenvalue weighted by Crippen LogP contribution is 2.31. The second-order valence-corrected chi connectivity index (χ2v) is 5.29. The fourth-order valence-electron chi connectivity index (χ4n) is 2.62. The van der Waals surface area contributed by atoms with Crippen molar-refractivity contribution < 1.29 is 9.15 Å². The molecule has 2 heterocycles. The van der Waals surface area contributed by atoms with Crippen LogP contribution in [0.15, 0.2) is 41.0 Å². The van der Waals surface area contributed by atoms with Crippen molar-refractivity contribution in [2.24, 2.45) is 0 Å². The number of ether oxygens (including phenoxy) is 1. The van der Waals surface area contributed by atoms with Crippen molar-refractivity contribution in [1.82, 2.24) is 5.32 Å². The van der Waals surface area contributed by atoms with Crippen molar-refractivity contribution in [2.45, 2.75) is 26.4 Å². The van der Waals surface area contributed by atoms with Crippen LogP contribution < -0.4 is 15.0 Å². The Labute approximate surface area is 125 Å². The summed E-state index contributed by atoms with van der Waals surface area (Å²) in [7, 11) is 0. The van der Waals surface area contributed by atoms with Crippen LogP contribution in [0.25, 0.3) is 0 Å². The minimum absolute atomic E-state index is 0.775. The van der Waals surface area contributed by atoms with Gasteiger partial charge in [0.15, 0.2) is 0 Å². The molecule has 3 rings (SSSR count). The predicted molar refractivity (Wildman–Crippen MR) is 83.7 cm³/mol. The second-order valence-electron chi connectivity index (χ2n) is 5.29. The van der Waals surface area contributed by atoms with Gasteiger partial charge >= 0.3 is 0 Å². The molecule has 21 heavy (non-hydrogen) atoms. The van der Waals surface area contributed by atoms with Gasteiger partial charge in [0.25, 0.3) is 0 Å². The molecule has 0 radical (unpaired) electrons. The van der Waals surface area contributed by atoms with Gasteiger partial charge in [0.05, 0.1) is 25.1 Å². The van der Waals surface area contributed by atoms with Crippen molar-refractivity contribution in [2.75, 3.05) is 24.6 Å². The predicted octanol–water partition coefficient (Wildman–Crippen LogP) is 3.18. The lowest BCUT2D eigenvalue weighted by atomic mass is 10.2. The van der Waals surface area contributed by atoms with Crippen LogP contribution in [-0.4, -0.2) is 19.7 Å². The van der Waals surface area contributed by atoms with Gasteiger partial charge in [-0.25, -0.2) is 0 Å². The summed E-state index contributed by atoms with van der Waals surface area (Å²) in [5.74, 6) is 1.97. The van der Waals surface area contributed by atoms with Gasteiger partial charge in [-0.1, -0.05) is 19.1 Å². The van der Waals surface area contributed by atoms with Crippen molar-refractivity contribution >= 4 is 5.69 Å². The maximum Gasteiger partial charge on any atom is 0.142 e. The molecule has 0 saturated carbocycles. The van der Waals surface area contributed by atoms with E-state index in [2.05, 4.69) is 35.3 Å². The Morgan fingerprint density at radius 1 is 1.29 bits per heavy atom. The molecule has 0 unspecified atom stereocenters. The van der Waals surface area contributed by atoms with E-state index in [-0.39, 0.29) is 0 Å². The standard InChI is InChI=1S/C17H22N2O2/c1-2-18-11-14-10-15(21-13-14)12-19-8-5-9-20-17-7-4-3-6-16(17)19/h3-4,6-7,10,13,18H,2,5,8-9,11-12H2,1H3. The molecule has 112 valence electrons. The molecule has 1 aliphatic rings. The molecule has 1 aromatic carbocycles. The van der Waals surface area contributed by atoms with E-state index in [1.807, 2.05) is 18.4 Å². The number of hydrogen-bond acceptors (Lipinski definition) is 4. The fourth-order valence-corrected chi connectivity index (χ4v) is 2.62. The number of fused-ring (bicyclic) bond motifs is 1. The zero-order valence-corrected chi connectivity index (χ0v) is 12.5. The molecule has 2 aromatic rings. The van der Waals surface area contributed by atoms with E-state index in [4.69, 9.17) is 9.15 Å². The Morgan fingerprint density at radius 3 is 3.10 bits per heavy atom. The van der Waals surface area contributed by atoms with Gasteiger partial charge in [-0.15, -0.1) is 0 Å². The molecule has 4 heteroatoms. The van der Waals surface area contributed by atoms with Crippen LogP contribution in [0, 0.1) is 0 Å². The third kappa shape index (κ3) is 3.39. The van der Waals surface area contributed by atoms with E-state index >= 15 is 0 Å². The van der Waals surface area contributed by atoms with E-state index in [0.717, 1.165) is 56.4 Å². The van der Waals surface area contributed by atoms with Gasteiger partial charge in [-0.3, -0.25) is 0 Å². The van der Waals surface area contributed by atoms with Crippen LogP contribution in [0.5, 0.6) is 5.75 Å². The van der Waals surface area contributed by atoms with Crippen LogP contribution in [-0.2, 0) is 13.1 Å². The summed E-state index contributed by atoms with van der Waals surface area (Å²) in [6.45, 7) is 6.48. The number of nitrogens with zero attached hydrogens (tertiary/aromatic N) is 1. The number of anilines is 1. The SMILES string of the molecule is CCNCc1coc(CN2CCCOc3ccccc32)c1. The monoisotopic (exact) mass is 286 g/mol. The molecular formula is C17H22N2O2. The lowest BCUT2D eigenvalue weighted by Gasteiger charge is -2.22. The van der Waals surface area contributed by atoms with E-state index in [0.29, 0.717) is 0 Å². The molecule has 0 atom stereocenters. The number of para-hydroxylation sites is 2. The topological polar surface area (TPSA) is 37.6 Å². The quantitative estimate of drug-likeness (QED) is 0.916. The molecule has 0 amide bonds. The third-order valence-electron chi connectivity index (χ3n) is 3.67. The van der Waals surface area contributed by atoms with Crippen LogP contribution in [0.4, 0.5) is 5.69 Å². The maximum absolute atomic E-state index is 5.79. The molecule has 1 aliphatic heterocycles. The van der Waals surface area contributed by atoms with Crippen molar-refractivity contribution in [1.29, 1.82) is 0 Å². The summed E-state index contributed by atoms with van der Waals surface area (Å²) in [6.07, 6.45) is 2.87. The summed E-state index contributed by atoms with van der Waals surface area (Å²) in [5.41, 5.74) is 2.35. The number of rotatable bonds is 5. The van der Waals surface area contributed by atoms with Gasteiger partial charge in [0.1, 0.15) is 11.5 Å². The summed E-state index contributed by atoms with van der Waals surface area (Å²) in [4.78, 5) is 2.33. The average Bonchev–Trinajstić information content (AvgIpc) is 2.86. The zero-order valence-electron chi connectivity index (χ0n) is 12.5. The van der Waals surface area contributed by atoms with Gasteiger partial charge in [-0.2, -0.15) is 0 Å². The lowest BCUT2D eigenvalue weighted by Crippen LogP contribution is -2.22. The molecule has 1 N–H and O–H groups in total. The first-order valence-electron chi connectivity index (χ1n) is 7.60. The van der Waals surface area contributed by atoms with Crippen molar-refractivity contribution in [3.8, 4) is 5.75 Å². The third-order valence-corrected chi connectivity index (χ3v) is 3.67. The Balaban J connectivity index is 1.73. The lowest BCUT2D eigenvalue weighted by molar-refractivity contribution is 0.322. The first-order valence-corrected chi connectivity index (χ1v) is 7.60. The number of nitrogens with one attached hydrogen (secondary N) is 1. The molecule has 0 aliphatic carbocycles. The first kappa shape index (κ1) is 14.0. The number of benzene rings is 1. The highest BCUT2D eigenvalue weighted by Gasteiger charge is 2.17. The van der Waals surface area contributed by atoms with E-state index < -0.39 is 0 Å². The van der Waals surface area contributed by atoms with Gasteiger partial charge < -0.3 is 19.4 Å². The zero-order chi connectivity index (χ0) is 14.5. The molecule has 1 aromatic heterocycles. The van der Waals surface area contributed by atoms with E-state index in [1.54, 1.807) is 0 Å². The smallest absolute Gasteiger partial charge is 0.142 e. The molecule has 0 bridgehead atoms. The summed E-state index contributed by atoms with van der Waals surface area (Å²) < 4.78 is 11.5. The maximum atomic E-state index is 5.79. The Hall–Kier alpha value is -1.94. The van der Waals surface area contributed by atoms with E-state index in [1.165, 1.54) is 5.56 Å². The van der Waals surface area contributed by atoms with Gasteiger partial charge in [0.2, 0.25) is 0 Å². The van der Waals surface area contributed by atoms with E-state index in [9.17, 15) is 0 Å². The van der Waals surface area contributed by atoms with Crippen LogP contribution in [0.3, 0.4) is 0 Å². The van der Waals surface area contributed by atoms with Crippen molar-refractivity contribution in [3.63, 3.8) is 0 Å². The molecular weight excluding hydrogens is 264 g/mol. The minimum Gasteiger partial charge on any atom is -0.491 e. The Kier molecular flexibility index (Phi) is 4.46. The Bertz CT molecular complexity index is 580. The average molecular weight is 286 g/mol. The van der Waals surface area contributed by atoms with Gasteiger partial charge in [-0.05, 0) is 31.2 Å². The number of furan rings is 1. The molecule has 4 nitrogen and oxygen atoms in total. The highest BCUT2D eigenvalue weighted by atomic mass is 16.5. The summed E-state index contributed by atoms with van der Waals surface area (Å²) >= 11 is 0. The minimum atomic E-state index is 0.775. The van der Waals surface area contributed by atoms with Crippen LogP contribution in [0.1, 0.15) is 24.7 Å². The summed E-state index contributed by atoms with van der Waals surface area (Å²) in [6, 6.07) is 10.4. The molecule has 0 spiro atoms. The molecule has 0 fully saturated rings. The van der Waals surface area contributed by atoms with Crippen LogP contribution in [0.2, 0.25) is 0 Å².